The van der Waals surface area contributed by atoms with Crippen molar-refractivity contribution >= 4 is 5.91 Å². The first kappa shape index (κ1) is 15.7. The van der Waals surface area contributed by atoms with Crippen LogP contribution in [0.3, 0.4) is 0 Å². The molecule has 0 spiro atoms. The lowest BCUT2D eigenvalue weighted by molar-refractivity contribution is -0.121. The second kappa shape index (κ2) is 8.70. The highest BCUT2D eigenvalue weighted by molar-refractivity contribution is 5.76. The molecule has 1 aromatic carbocycles. The van der Waals surface area contributed by atoms with Gasteiger partial charge in [0.15, 0.2) is 0 Å². The van der Waals surface area contributed by atoms with E-state index >= 15 is 0 Å². The molecule has 0 aliphatic carbocycles. The number of benzene rings is 1. The minimum atomic E-state index is 0.130. The third-order valence-corrected chi connectivity index (χ3v) is 3.32. The SMILES string of the molecule is CCNCCNC(=O)CC(C)c1ccc(CC)cc1. The molecule has 0 saturated carbocycles. The van der Waals surface area contributed by atoms with Crippen LogP contribution in [0.2, 0.25) is 0 Å². The molecule has 1 rings (SSSR count). The van der Waals surface area contributed by atoms with Crippen molar-refractivity contribution in [2.45, 2.75) is 39.5 Å². The topological polar surface area (TPSA) is 41.1 Å². The van der Waals surface area contributed by atoms with Crippen LogP contribution in [0.15, 0.2) is 24.3 Å². The van der Waals surface area contributed by atoms with E-state index in [1.165, 1.54) is 11.1 Å². The number of carbonyl (C=O) groups is 1. The number of aryl methyl sites for hydroxylation is 1. The third kappa shape index (κ3) is 5.88. The average molecular weight is 262 g/mol. The summed E-state index contributed by atoms with van der Waals surface area (Å²) in [5.74, 6) is 0.398. The molecule has 19 heavy (non-hydrogen) atoms. The lowest BCUT2D eigenvalue weighted by Crippen LogP contribution is -2.32. The van der Waals surface area contributed by atoms with Crippen molar-refractivity contribution in [2.75, 3.05) is 19.6 Å². The van der Waals surface area contributed by atoms with Crippen LogP contribution in [-0.2, 0) is 11.2 Å². The molecule has 1 amide bonds. The fourth-order valence-corrected chi connectivity index (χ4v) is 2.02. The molecule has 0 bridgehead atoms. The first-order valence-electron chi connectivity index (χ1n) is 7.23. The molecule has 3 heteroatoms. The molecule has 0 aromatic heterocycles. The fourth-order valence-electron chi connectivity index (χ4n) is 2.02. The lowest BCUT2D eigenvalue weighted by Gasteiger charge is -2.12. The van der Waals surface area contributed by atoms with Gasteiger partial charge in [-0.05, 0) is 30.0 Å². The predicted molar refractivity (Wildman–Crippen MR) is 80.4 cm³/mol. The summed E-state index contributed by atoms with van der Waals surface area (Å²) in [6.45, 7) is 8.79. The van der Waals surface area contributed by atoms with Gasteiger partial charge in [0.05, 0.1) is 0 Å². The normalized spacial score (nSPS) is 12.2. The monoisotopic (exact) mass is 262 g/mol. The van der Waals surface area contributed by atoms with Gasteiger partial charge in [0.2, 0.25) is 5.91 Å². The number of carbonyl (C=O) groups excluding carboxylic acids is 1. The van der Waals surface area contributed by atoms with Crippen molar-refractivity contribution in [2.24, 2.45) is 0 Å². The minimum Gasteiger partial charge on any atom is -0.355 e. The van der Waals surface area contributed by atoms with Crippen molar-refractivity contribution in [1.29, 1.82) is 0 Å². The van der Waals surface area contributed by atoms with E-state index in [1.807, 2.05) is 0 Å². The van der Waals surface area contributed by atoms with E-state index in [-0.39, 0.29) is 11.8 Å². The van der Waals surface area contributed by atoms with Crippen molar-refractivity contribution in [3.8, 4) is 0 Å². The molecule has 0 aliphatic heterocycles. The number of nitrogens with one attached hydrogen (secondary N) is 2. The molecular formula is C16H26N2O. The second-order valence-corrected chi connectivity index (χ2v) is 4.90. The fraction of sp³-hybridized carbons (Fsp3) is 0.562. The summed E-state index contributed by atoms with van der Waals surface area (Å²) in [6, 6.07) is 8.56. The summed E-state index contributed by atoms with van der Waals surface area (Å²) in [5.41, 5.74) is 2.57. The standard InChI is InChI=1S/C16H26N2O/c1-4-14-6-8-15(9-7-14)13(3)12-16(19)18-11-10-17-5-2/h6-9,13,17H,4-5,10-12H2,1-3H3,(H,18,19). The number of likely N-dealkylation sites (N-methyl/N-ethyl adjacent to an activating group) is 1. The zero-order valence-electron chi connectivity index (χ0n) is 12.3. The molecule has 0 saturated heterocycles. The van der Waals surface area contributed by atoms with Crippen LogP contribution in [0, 0.1) is 0 Å². The predicted octanol–water partition coefficient (Wildman–Crippen LogP) is 2.47. The number of amides is 1. The largest absolute Gasteiger partial charge is 0.355 e. The van der Waals surface area contributed by atoms with Gasteiger partial charge in [-0.3, -0.25) is 4.79 Å². The molecule has 3 nitrogen and oxygen atoms in total. The first-order valence-corrected chi connectivity index (χ1v) is 7.23. The summed E-state index contributed by atoms with van der Waals surface area (Å²) in [5, 5.41) is 6.13. The van der Waals surface area contributed by atoms with Gasteiger partial charge >= 0.3 is 0 Å². The zero-order valence-corrected chi connectivity index (χ0v) is 12.3. The average Bonchev–Trinajstić information content (AvgIpc) is 2.43. The van der Waals surface area contributed by atoms with Gasteiger partial charge < -0.3 is 10.6 Å². The van der Waals surface area contributed by atoms with E-state index in [0.29, 0.717) is 13.0 Å². The Morgan fingerprint density at radius 1 is 1.16 bits per heavy atom. The molecule has 1 unspecified atom stereocenters. The molecule has 1 atom stereocenters. The summed E-state index contributed by atoms with van der Waals surface area (Å²) in [7, 11) is 0. The Kier molecular flexibility index (Phi) is 7.19. The second-order valence-electron chi connectivity index (χ2n) is 4.90. The Morgan fingerprint density at radius 3 is 2.42 bits per heavy atom. The van der Waals surface area contributed by atoms with E-state index < -0.39 is 0 Å². The molecule has 0 fully saturated rings. The van der Waals surface area contributed by atoms with Gasteiger partial charge in [-0.15, -0.1) is 0 Å². The smallest absolute Gasteiger partial charge is 0.220 e. The maximum Gasteiger partial charge on any atom is 0.220 e. The van der Waals surface area contributed by atoms with Crippen molar-refractivity contribution in [1.82, 2.24) is 10.6 Å². The Balaban J connectivity index is 2.36. The molecule has 2 N–H and O–H groups in total. The third-order valence-electron chi connectivity index (χ3n) is 3.32. The van der Waals surface area contributed by atoms with Crippen molar-refractivity contribution in [3.63, 3.8) is 0 Å². The number of hydrogen-bond donors (Lipinski definition) is 2. The first-order chi connectivity index (χ1) is 9.17. The zero-order chi connectivity index (χ0) is 14.1. The molecule has 106 valence electrons. The van der Waals surface area contributed by atoms with Gasteiger partial charge in [-0.2, -0.15) is 0 Å². The van der Waals surface area contributed by atoms with Crippen LogP contribution in [0.4, 0.5) is 0 Å². The molecule has 0 aliphatic rings. The minimum absolute atomic E-state index is 0.130. The molecule has 0 heterocycles. The van der Waals surface area contributed by atoms with Crippen LogP contribution in [-0.4, -0.2) is 25.5 Å². The Morgan fingerprint density at radius 2 is 1.84 bits per heavy atom. The van der Waals surface area contributed by atoms with Crippen LogP contribution in [0.25, 0.3) is 0 Å². The Hall–Kier alpha value is -1.35. The summed E-state index contributed by atoms with van der Waals surface area (Å²) in [4.78, 5) is 11.8. The van der Waals surface area contributed by atoms with E-state index in [9.17, 15) is 4.79 Å². The Bertz CT molecular complexity index is 373. The van der Waals surface area contributed by atoms with Gasteiger partial charge in [0.25, 0.3) is 0 Å². The van der Waals surface area contributed by atoms with Crippen LogP contribution in [0.1, 0.15) is 44.2 Å². The van der Waals surface area contributed by atoms with E-state index in [4.69, 9.17) is 0 Å². The van der Waals surface area contributed by atoms with Gasteiger partial charge in [-0.1, -0.05) is 45.0 Å². The van der Waals surface area contributed by atoms with Crippen molar-refractivity contribution in [3.05, 3.63) is 35.4 Å². The highest BCUT2D eigenvalue weighted by Gasteiger charge is 2.10. The summed E-state index contributed by atoms with van der Waals surface area (Å²) >= 11 is 0. The van der Waals surface area contributed by atoms with Gasteiger partial charge in [-0.25, -0.2) is 0 Å². The van der Waals surface area contributed by atoms with Crippen LogP contribution >= 0.6 is 0 Å². The number of hydrogen-bond acceptors (Lipinski definition) is 2. The summed E-state index contributed by atoms with van der Waals surface area (Å²) in [6.07, 6.45) is 1.61. The van der Waals surface area contributed by atoms with E-state index in [2.05, 4.69) is 55.7 Å². The number of rotatable bonds is 8. The molecule has 1 aromatic rings. The van der Waals surface area contributed by atoms with Crippen LogP contribution in [0.5, 0.6) is 0 Å². The highest BCUT2D eigenvalue weighted by Crippen LogP contribution is 2.19. The van der Waals surface area contributed by atoms with Crippen molar-refractivity contribution < 1.29 is 4.79 Å². The maximum atomic E-state index is 11.8. The maximum absolute atomic E-state index is 11.8. The van der Waals surface area contributed by atoms with Gasteiger partial charge in [0, 0.05) is 19.5 Å². The molecule has 0 radical (unpaired) electrons. The Labute approximate surface area is 116 Å². The summed E-state index contributed by atoms with van der Waals surface area (Å²) < 4.78 is 0. The van der Waals surface area contributed by atoms with Crippen LogP contribution < -0.4 is 10.6 Å². The highest BCUT2D eigenvalue weighted by atomic mass is 16.1. The van der Waals surface area contributed by atoms with E-state index in [0.717, 1.165) is 19.5 Å². The quantitative estimate of drug-likeness (QED) is 0.707. The van der Waals surface area contributed by atoms with Gasteiger partial charge in [0.1, 0.15) is 0 Å². The molecular weight excluding hydrogens is 236 g/mol. The van der Waals surface area contributed by atoms with E-state index in [1.54, 1.807) is 0 Å². The lowest BCUT2D eigenvalue weighted by atomic mass is 9.96.